The van der Waals surface area contributed by atoms with Gasteiger partial charge in [0.05, 0.1) is 0 Å². The van der Waals surface area contributed by atoms with Gasteiger partial charge in [-0.1, -0.05) is 48.0 Å². The Labute approximate surface area is 153 Å². The molecule has 1 saturated heterocycles. The van der Waals surface area contributed by atoms with Crippen LogP contribution in [0.4, 0.5) is 0 Å². The van der Waals surface area contributed by atoms with Gasteiger partial charge in [-0.2, -0.15) is 0 Å². The largest absolute Gasteiger partial charge is 0.306 e. The Hall–Kier alpha value is -1.61. The molecule has 1 nitrogen and oxygen atoms in total. The van der Waals surface area contributed by atoms with Crippen molar-refractivity contribution in [1.29, 1.82) is 0 Å². The lowest BCUT2D eigenvalue weighted by Gasteiger charge is -2.25. The summed E-state index contributed by atoms with van der Waals surface area (Å²) in [5.74, 6) is 0. The predicted molar refractivity (Wildman–Crippen MR) is 107 cm³/mol. The summed E-state index contributed by atoms with van der Waals surface area (Å²) < 4.78 is 1.41. The minimum absolute atomic E-state index is 0. The lowest BCUT2D eigenvalue weighted by Crippen LogP contribution is -2.26. The minimum atomic E-state index is 0. The molecule has 0 bridgehead atoms. The Morgan fingerprint density at radius 3 is 2.33 bits per heavy atom. The summed E-state index contributed by atoms with van der Waals surface area (Å²) in [6.45, 7) is 2.36. The molecule has 122 valence electrons. The zero-order chi connectivity index (χ0) is 15.4. The Kier molecular flexibility index (Phi) is 4.00. The van der Waals surface area contributed by atoms with Gasteiger partial charge < -0.3 is 4.90 Å². The Morgan fingerprint density at radius 1 is 0.875 bits per heavy atom. The molecule has 0 atom stereocenters. The van der Waals surface area contributed by atoms with Crippen LogP contribution in [0.5, 0.6) is 0 Å². The quantitative estimate of drug-likeness (QED) is 0.384. The maximum atomic E-state index is 2.44. The van der Waals surface area contributed by atoms with Crippen LogP contribution >= 0.6 is 23.7 Å². The molecule has 0 spiro atoms. The van der Waals surface area contributed by atoms with E-state index in [-0.39, 0.29) is 12.4 Å². The fraction of sp³-hybridized carbons (Fsp3) is 0.238. The number of fused-ring (bicyclic) bond motifs is 5. The summed E-state index contributed by atoms with van der Waals surface area (Å²) in [5, 5.41) is 1.42. The first-order valence-corrected chi connectivity index (χ1v) is 9.17. The third kappa shape index (κ3) is 2.25. The number of hydrogen-bond acceptors (Lipinski definition) is 2. The molecular weight excluding hydrogens is 334 g/mol. The van der Waals surface area contributed by atoms with Crippen LogP contribution < -0.4 is 0 Å². The Bertz CT molecular complexity index is 943. The van der Waals surface area contributed by atoms with Gasteiger partial charge in [-0.25, -0.2) is 0 Å². The third-order valence-electron chi connectivity index (χ3n) is 5.23. The molecule has 1 aliphatic carbocycles. The number of hydrogen-bond donors (Lipinski definition) is 0. The van der Waals surface area contributed by atoms with Gasteiger partial charge in [-0.3, -0.25) is 0 Å². The van der Waals surface area contributed by atoms with Crippen molar-refractivity contribution < 1.29 is 0 Å². The van der Waals surface area contributed by atoms with E-state index in [1.165, 1.54) is 57.6 Å². The normalized spacial score (nSPS) is 16.9. The Balaban J connectivity index is 0.00000146. The van der Waals surface area contributed by atoms with Gasteiger partial charge in [0, 0.05) is 33.6 Å². The van der Waals surface area contributed by atoms with E-state index in [2.05, 4.69) is 60.5 Å². The van der Waals surface area contributed by atoms with Gasteiger partial charge in [0.2, 0.25) is 0 Å². The van der Waals surface area contributed by atoms with Crippen LogP contribution in [-0.4, -0.2) is 25.0 Å². The highest BCUT2D eigenvalue weighted by Gasteiger charge is 2.30. The van der Waals surface area contributed by atoms with Crippen molar-refractivity contribution in [2.75, 3.05) is 20.1 Å². The van der Waals surface area contributed by atoms with Crippen molar-refractivity contribution in [2.24, 2.45) is 0 Å². The van der Waals surface area contributed by atoms with E-state index in [9.17, 15) is 0 Å². The second-order valence-electron chi connectivity index (χ2n) is 6.63. The fourth-order valence-corrected chi connectivity index (χ4v) is 5.34. The third-order valence-corrected chi connectivity index (χ3v) is 6.42. The van der Waals surface area contributed by atoms with Crippen molar-refractivity contribution >= 4 is 39.4 Å². The lowest BCUT2D eigenvalue weighted by molar-refractivity contribution is 0.313. The molecule has 1 aliphatic heterocycles. The standard InChI is InChI=1S/C21H19NS.ClH/c1-22-12-10-14(11-13-22)19-15-6-2-3-7-16(15)20-17-8-4-5-9-18(17)23-21(19)20;/h2-9H,10-13H2,1H3;1H. The molecule has 2 aliphatic rings. The molecule has 5 rings (SSSR count). The number of likely N-dealkylation sites (tertiary alicyclic amines) is 1. The van der Waals surface area contributed by atoms with E-state index in [0.29, 0.717) is 0 Å². The van der Waals surface area contributed by atoms with Gasteiger partial charge in [0.1, 0.15) is 0 Å². The predicted octanol–water partition coefficient (Wildman–Crippen LogP) is 5.83. The van der Waals surface area contributed by atoms with Gasteiger partial charge in [0.25, 0.3) is 0 Å². The highest BCUT2D eigenvalue weighted by Crippen LogP contribution is 2.53. The van der Waals surface area contributed by atoms with Crippen molar-refractivity contribution in [2.45, 2.75) is 12.8 Å². The highest BCUT2D eigenvalue weighted by molar-refractivity contribution is 7.21. The molecule has 1 fully saturated rings. The van der Waals surface area contributed by atoms with E-state index < -0.39 is 0 Å². The zero-order valence-corrected chi connectivity index (χ0v) is 15.3. The molecule has 24 heavy (non-hydrogen) atoms. The Morgan fingerprint density at radius 2 is 1.54 bits per heavy atom. The van der Waals surface area contributed by atoms with E-state index in [1.54, 1.807) is 11.1 Å². The summed E-state index contributed by atoms with van der Waals surface area (Å²) in [6.07, 6.45) is 2.40. The molecule has 0 unspecified atom stereocenters. The van der Waals surface area contributed by atoms with Crippen molar-refractivity contribution in [3.8, 4) is 11.1 Å². The van der Waals surface area contributed by atoms with Gasteiger partial charge in [-0.15, -0.1) is 23.7 Å². The number of benzene rings is 2. The molecule has 3 aromatic rings. The highest BCUT2D eigenvalue weighted by atomic mass is 35.5. The molecule has 0 saturated carbocycles. The van der Waals surface area contributed by atoms with Crippen molar-refractivity contribution in [1.82, 2.24) is 4.90 Å². The van der Waals surface area contributed by atoms with Crippen LogP contribution in [0.1, 0.15) is 23.3 Å². The van der Waals surface area contributed by atoms with Crippen LogP contribution in [0.25, 0.3) is 26.8 Å². The van der Waals surface area contributed by atoms with Crippen LogP contribution in [0.15, 0.2) is 54.1 Å². The number of piperidine rings is 1. The van der Waals surface area contributed by atoms with Crippen molar-refractivity contribution in [3.05, 3.63) is 64.5 Å². The maximum absolute atomic E-state index is 2.44. The average molecular weight is 354 g/mol. The SMILES string of the molecule is CN1CCC(=C2c3ccccc3-c3c2sc2ccccc32)CC1.Cl. The molecule has 3 heteroatoms. The fourth-order valence-electron chi connectivity index (χ4n) is 4.02. The first-order chi connectivity index (χ1) is 11.3. The van der Waals surface area contributed by atoms with Crippen LogP contribution in [0.2, 0.25) is 0 Å². The number of rotatable bonds is 0. The zero-order valence-electron chi connectivity index (χ0n) is 13.7. The summed E-state index contributed by atoms with van der Waals surface area (Å²) in [4.78, 5) is 3.95. The van der Waals surface area contributed by atoms with Crippen LogP contribution in [0, 0.1) is 0 Å². The average Bonchev–Trinajstić information content (AvgIpc) is 3.10. The van der Waals surface area contributed by atoms with Gasteiger partial charge in [-0.05, 0) is 42.7 Å². The second kappa shape index (κ2) is 6.03. The van der Waals surface area contributed by atoms with E-state index >= 15 is 0 Å². The summed E-state index contributed by atoms with van der Waals surface area (Å²) >= 11 is 1.97. The second-order valence-corrected chi connectivity index (χ2v) is 7.68. The van der Waals surface area contributed by atoms with Gasteiger partial charge >= 0.3 is 0 Å². The van der Waals surface area contributed by atoms with Gasteiger partial charge in [0.15, 0.2) is 0 Å². The minimum Gasteiger partial charge on any atom is -0.306 e. The van der Waals surface area contributed by atoms with E-state index in [4.69, 9.17) is 0 Å². The molecule has 0 amide bonds. The molecule has 0 radical (unpaired) electrons. The molecule has 2 heterocycles. The number of thiophene rings is 1. The molecule has 1 aromatic heterocycles. The number of halogens is 1. The van der Waals surface area contributed by atoms with Crippen molar-refractivity contribution in [3.63, 3.8) is 0 Å². The topological polar surface area (TPSA) is 3.24 Å². The van der Waals surface area contributed by atoms with Crippen LogP contribution in [-0.2, 0) is 0 Å². The van der Waals surface area contributed by atoms with E-state index in [0.717, 1.165) is 0 Å². The summed E-state index contributed by atoms with van der Waals surface area (Å²) in [5.41, 5.74) is 7.56. The smallest absolute Gasteiger partial charge is 0.0439 e. The lowest BCUT2D eigenvalue weighted by atomic mass is 9.94. The van der Waals surface area contributed by atoms with Crippen LogP contribution in [0.3, 0.4) is 0 Å². The first-order valence-electron chi connectivity index (χ1n) is 8.35. The first kappa shape index (κ1) is 15.9. The molecule has 2 aromatic carbocycles. The van der Waals surface area contributed by atoms with E-state index in [1.807, 2.05) is 11.3 Å². The molecule has 0 N–H and O–H groups in total. The maximum Gasteiger partial charge on any atom is 0.0439 e. The summed E-state index contributed by atoms with van der Waals surface area (Å²) in [6, 6.07) is 17.8. The summed E-state index contributed by atoms with van der Waals surface area (Å²) in [7, 11) is 2.23. The molecular formula is C21H20ClNS. The number of nitrogens with zero attached hydrogens (tertiary/aromatic N) is 1. The monoisotopic (exact) mass is 353 g/mol.